The number of carbonyl (C=O) groups is 1. The molecular formula is C15H12FNO2S. The van der Waals surface area contributed by atoms with Crippen molar-refractivity contribution < 1.29 is 14.3 Å². The molecule has 0 fully saturated rings. The predicted molar refractivity (Wildman–Crippen MR) is 75.9 cm³/mol. The molecule has 1 heterocycles. The van der Waals surface area contributed by atoms with Gasteiger partial charge < -0.3 is 10.4 Å². The molecule has 0 aliphatic carbocycles. The van der Waals surface area contributed by atoms with Gasteiger partial charge in [0.15, 0.2) is 0 Å². The number of halogens is 1. The van der Waals surface area contributed by atoms with Gasteiger partial charge in [0.1, 0.15) is 12.4 Å². The first-order valence-electron chi connectivity index (χ1n) is 5.89. The van der Waals surface area contributed by atoms with Crippen LogP contribution in [0.1, 0.15) is 21.5 Å². The molecule has 20 heavy (non-hydrogen) atoms. The molecule has 5 heteroatoms. The van der Waals surface area contributed by atoms with Crippen molar-refractivity contribution in [3.63, 3.8) is 0 Å². The van der Waals surface area contributed by atoms with Crippen LogP contribution < -0.4 is 5.32 Å². The summed E-state index contributed by atoms with van der Waals surface area (Å²) in [4.78, 5) is 11.8. The zero-order valence-corrected chi connectivity index (χ0v) is 11.3. The summed E-state index contributed by atoms with van der Waals surface area (Å²) in [5, 5.41) is 14.8. The molecule has 0 aliphatic heterocycles. The Balaban J connectivity index is 2.07. The normalized spacial score (nSPS) is 9.70. The summed E-state index contributed by atoms with van der Waals surface area (Å²) < 4.78 is 13.6. The van der Waals surface area contributed by atoms with Crippen LogP contribution in [-0.4, -0.2) is 17.6 Å². The van der Waals surface area contributed by atoms with Crippen molar-refractivity contribution in [1.29, 1.82) is 0 Å². The quantitative estimate of drug-likeness (QED) is 0.851. The van der Waals surface area contributed by atoms with E-state index in [0.29, 0.717) is 16.7 Å². The molecule has 2 aromatic rings. The van der Waals surface area contributed by atoms with Gasteiger partial charge >= 0.3 is 0 Å². The van der Waals surface area contributed by atoms with Gasteiger partial charge in [-0.2, -0.15) is 11.3 Å². The monoisotopic (exact) mass is 289 g/mol. The number of aliphatic hydroxyl groups excluding tert-OH is 1. The third-order valence-corrected chi connectivity index (χ3v) is 3.26. The maximum Gasteiger partial charge on any atom is 0.252 e. The van der Waals surface area contributed by atoms with Gasteiger partial charge in [-0.25, -0.2) is 4.39 Å². The average molecular weight is 289 g/mol. The standard InChI is InChI=1S/C15H12FNO2S/c16-14-4-3-11(2-1-6-18)8-13(14)9-17-15(19)12-5-7-20-10-12/h3-5,7-8,10,18H,6,9H2,(H,17,19). The van der Waals surface area contributed by atoms with Crippen molar-refractivity contribution in [2.24, 2.45) is 0 Å². The van der Waals surface area contributed by atoms with E-state index in [0.717, 1.165) is 0 Å². The van der Waals surface area contributed by atoms with Gasteiger partial charge in [0.2, 0.25) is 0 Å². The van der Waals surface area contributed by atoms with E-state index in [1.54, 1.807) is 22.9 Å². The lowest BCUT2D eigenvalue weighted by molar-refractivity contribution is 0.0951. The molecule has 2 N–H and O–H groups in total. The number of aliphatic hydroxyl groups is 1. The number of nitrogens with one attached hydrogen (secondary N) is 1. The number of hydrogen-bond donors (Lipinski definition) is 2. The molecule has 102 valence electrons. The molecule has 1 aromatic carbocycles. The highest BCUT2D eigenvalue weighted by Gasteiger charge is 2.08. The molecule has 0 unspecified atom stereocenters. The van der Waals surface area contributed by atoms with E-state index >= 15 is 0 Å². The maximum atomic E-state index is 13.6. The first-order valence-corrected chi connectivity index (χ1v) is 6.83. The van der Waals surface area contributed by atoms with Crippen LogP contribution in [0.3, 0.4) is 0 Å². The Morgan fingerprint density at radius 1 is 1.40 bits per heavy atom. The summed E-state index contributed by atoms with van der Waals surface area (Å²) >= 11 is 1.43. The van der Waals surface area contributed by atoms with E-state index in [1.165, 1.54) is 23.5 Å². The molecular weight excluding hydrogens is 277 g/mol. The molecule has 1 aromatic heterocycles. The predicted octanol–water partition coefficient (Wildman–Crippen LogP) is 2.16. The number of thiophene rings is 1. The SMILES string of the molecule is O=C(NCc1cc(C#CCO)ccc1F)c1ccsc1. The van der Waals surface area contributed by atoms with Gasteiger partial charge in [-0.3, -0.25) is 4.79 Å². The van der Waals surface area contributed by atoms with Crippen molar-refractivity contribution in [2.45, 2.75) is 6.54 Å². The smallest absolute Gasteiger partial charge is 0.252 e. The molecule has 0 atom stereocenters. The Labute approximate surface area is 120 Å². The Morgan fingerprint density at radius 3 is 2.95 bits per heavy atom. The molecule has 0 bridgehead atoms. The van der Waals surface area contributed by atoms with Gasteiger partial charge in [0.05, 0.1) is 0 Å². The van der Waals surface area contributed by atoms with Crippen LogP contribution in [0.5, 0.6) is 0 Å². The number of carbonyl (C=O) groups excluding carboxylic acids is 1. The van der Waals surface area contributed by atoms with E-state index in [2.05, 4.69) is 17.2 Å². The van der Waals surface area contributed by atoms with E-state index in [4.69, 9.17) is 5.11 Å². The van der Waals surface area contributed by atoms with Crippen molar-refractivity contribution in [3.05, 3.63) is 57.5 Å². The topological polar surface area (TPSA) is 49.3 Å². The fourth-order valence-corrected chi connectivity index (χ4v) is 2.24. The molecule has 3 nitrogen and oxygen atoms in total. The number of hydrogen-bond acceptors (Lipinski definition) is 3. The van der Waals surface area contributed by atoms with Gasteiger partial charge in [-0.1, -0.05) is 11.8 Å². The van der Waals surface area contributed by atoms with Crippen LogP contribution in [0.15, 0.2) is 35.0 Å². The van der Waals surface area contributed by atoms with E-state index in [1.807, 2.05) is 0 Å². The lowest BCUT2D eigenvalue weighted by Gasteiger charge is -2.06. The van der Waals surface area contributed by atoms with Crippen LogP contribution in [0.4, 0.5) is 4.39 Å². The highest BCUT2D eigenvalue weighted by atomic mass is 32.1. The average Bonchev–Trinajstić information content (AvgIpc) is 2.99. The van der Waals surface area contributed by atoms with Gasteiger partial charge in [-0.05, 0) is 29.6 Å². The minimum atomic E-state index is -0.398. The molecule has 0 radical (unpaired) electrons. The third-order valence-electron chi connectivity index (χ3n) is 2.58. The van der Waals surface area contributed by atoms with Crippen LogP contribution in [0.2, 0.25) is 0 Å². The first-order chi connectivity index (χ1) is 9.70. The minimum Gasteiger partial charge on any atom is -0.384 e. The second-order valence-corrected chi connectivity index (χ2v) is 4.74. The molecule has 1 amide bonds. The number of rotatable bonds is 3. The lowest BCUT2D eigenvalue weighted by Crippen LogP contribution is -2.22. The fraction of sp³-hybridized carbons (Fsp3) is 0.133. The lowest BCUT2D eigenvalue weighted by atomic mass is 10.1. The highest BCUT2D eigenvalue weighted by molar-refractivity contribution is 7.08. The van der Waals surface area contributed by atoms with Gasteiger partial charge in [-0.15, -0.1) is 0 Å². The van der Waals surface area contributed by atoms with Crippen LogP contribution in [0.25, 0.3) is 0 Å². The summed E-state index contributed by atoms with van der Waals surface area (Å²) in [6.07, 6.45) is 0. The molecule has 0 saturated carbocycles. The van der Waals surface area contributed by atoms with Crippen LogP contribution in [0, 0.1) is 17.7 Å². The Morgan fingerprint density at radius 2 is 2.25 bits per heavy atom. The molecule has 2 rings (SSSR count). The Bertz CT molecular complexity index is 656. The third kappa shape index (κ3) is 3.67. The number of benzene rings is 1. The van der Waals surface area contributed by atoms with Crippen molar-refractivity contribution in [2.75, 3.05) is 6.61 Å². The Kier molecular flexibility index (Phi) is 4.88. The largest absolute Gasteiger partial charge is 0.384 e. The molecule has 0 spiro atoms. The van der Waals surface area contributed by atoms with E-state index in [9.17, 15) is 9.18 Å². The fourth-order valence-electron chi connectivity index (χ4n) is 1.60. The second-order valence-electron chi connectivity index (χ2n) is 3.96. The summed E-state index contributed by atoms with van der Waals surface area (Å²) in [5.41, 5.74) is 1.52. The van der Waals surface area contributed by atoms with Crippen molar-refractivity contribution in [3.8, 4) is 11.8 Å². The summed E-state index contributed by atoms with van der Waals surface area (Å²) in [5.74, 6) is 4.56. The highest BCUT2D eigenvalue weighted by Crippen LogP contribution is 2.11. The minimum absolute atomic E-state index is 0.0924. The maximum absolute atomic E-state index is 13.6. The summed E-state index contributed by atoms with van der Waals surface area (Å²) in [7, 11) is 0. The van der Waals surface area contributed by atoms with E-state index in [-0.39, 0.29) is 19.1 Å². The summed E-state index contributed by atoms with van der Waals surface area (Å²) in [6.45, 7) is -0.156. The Hall–Kier alpha value is -2.16. The van der Waals surface area contributed by atoms with Crippen LogP contribution in [-0.2, 0) is 6.54 Å². The van der Waals surface area contributed by atoms with Crippen molar-refractivity contribution in [1.82, 2.24) is 5.32 Å². The van der Waals surface area contributed by atoms with Crippen molar-refractivity contribution >= 4 is 17.2 Å². The zero-order valence-electron chi connectivity index (χ0n) is 10.5. The van der Waals surface area contributed by atoms with Gasteiger partial charge in [0, 0.05) is 28.6 Å². The number of amides is 1. The zero-order chi connectivity index (χ0) is 14.4. The molecule has 0 saturated heterocycles. The molecule has 0 aliphatic rings. The first kappa shape index (κ1) is 14.3. The summed E-state index contributed by atoms with van der Waals surface area (Å²) in [6, 6.07) is 6.10. The van der Waals surface area contributed by atoms with Gasteiger partial charge in [0.25, 0.3) is 5.91 Å². The second kappa shape index (κ2) is 6.85. The van der Waals surface area contributed by atoms with E-state index < -0.39 is 5.82 Å². The van der Waals surface area contributed by atoms with Crippen LogP contribution >= 0.6 is 11.3 Å².